The van der Waals surface area contributed by atoms with Crippen molar-refractivity contribution in [2.24, 2.45) is 0 Å². The van der Waals surface area contributed by atoms with Gasteiger partial charge in [0, 0.05) is 0 Å². The quantitative estimate of drug-likeness (QED) is 0.0736. The molecule has 10 nitrogen and oxygen atoms in total. The summed E-state index contributed by atoms with van der Waals surface area (Å²) in [6.45, 7) is 2.18. The molecule has 2 aliphatic heterocycles. The Bertz CT molecular complexity index is 1260. The molecular weight excluding hydrogens is 546 g/mol. The lowest BCUT2D eigenvalue weighted by Crippen LogP contribution is -2.10. The van der Waals surface area contributed by atoms with Crippen molar-refractivity contribution in [3.05, 3.63) is 77.9 Å². The van der Waals surface area contributed by atoms with E-state index in [1.54, 1.807) is 36.4 Å². The van der Waals surface area contributed by atoms with Crippen molar-refractivity contribution in [1.29, 1.82) is 0 Å². The van der Waals surface area contributed by atoms with Crippen molar-refractivity contribution in [1.82, 2.24) is 0 Å². The van der Waals surface area contributed by atoms with Gasteiger partial charge in [0.15, 0.2) is 13.6 Å². The summed E-state index contributed by atoms with van der Waals surface area (Å²) < 4.78 is 75.3. The van der Waals surface area contributed by atoms with Crippen LogP contribution in [0, 0.1) is 0 Å². The third-order valence-corrected chi connectivity index (χ3v) is 5.81. The maximum absolute atomic E-state index is 13.7. The zero-order valence-corrected chi connectivity index (χ0v) is 21.9. The molecule has 2 heterocycles. The van der Waals surface area contributed by atoms with E-state index < -0.39 is 18.0 Å². The van der Waals surface area contributed by atoms with Gasteiger partial charge in [-0.05, 0) is 66.7 Å². The SMILES string of the molecule is O=C(Oc1ccc(OCOc2ccc(OCOCC3CO3)cc2)c(C(F)F)c1)c1ccc(OCOCC2CO2)cc1. The fourth-order valence-electron chi connectivity index (χ4n) is 3.45. The maximum atomic E-state index is 13.7. The Labute approximate surface area is 234 Å². The Morgan fingerprint density at radius 3 is 1.71 bits per heavy atom. The van der Waals surface area contributed by atoms with Crippen LogP contribution in [0.15, 0.2) is 66.7 Å². The van der Waals surface area contributed by atoms with Crippen molar-refractivity contribution >= 4 is 5.97 Å². The van der Waals surface area contributed by atoms with Gasteiger partial charge in [0.1, 0.15) is 41.0 Å². The van der Waals surface area contributed by atoms with E-state index in [0.29, 0.717) is 43.7 Å². The normalized spacial score (nSPS) is 17.1. The van der Waals surface area contributed by atoms with E-state index in [-0.39, 0.29) is 49.6 Å². The predicted molar refractivity (Wildman–Crippen MR) is 138 cm³/mol. The standard InChI is InChI=1S/C29H28F2O10/c30-28(31)26-11-23(41-29(32)19-1-3-20(4-2-19)37-16-33-12-24-14-35-24)9-10-27(26)40-18-39-22-7-5-21(6-8-22)38-17-34-13-25-15-36-25/h1-11,24-25,28H,12-18H2. The van der Waals surface area contributed by atoms with Gasteiger partial charge in [-0.25, -0.2) is 13.6 Å². The van der Waals surface area contributed by atoms with Crippen molar-refractivity contribution in [2.75, 3.05) is 46.8 Å². The molecule has 0 N–H and O–H groups in total. The monoisotopic (exact) mass is 574 g/mol. The van der Waals surface area contributed by atoms with Gasteiger partial charge >= 0.3 is 5.97 Å². The number of hydrogen-bond acceptors (Lipinski definition) is 10. The molecule has 2 unspecified atom stereocenters. The second kappa shape index (κ2) is 14.1. The highest BCUT2D eigenvalue weighted by molar-refractivity contribution is 5.91. The Kier molecular flexibility index (Phi) is 9.81. The van der Waals surface area contributed by atoms with E-state index in [1.165, 1.54) is 24.3 Å². The van der Waals surface area contributed by atoms with Crippen molar-refractivity contribution < 1.29 is 56.2 Å². The fraction of sp³-hybridized carbons (Fsp3) is 0.345. The van der Waals surface area contributed by atoms with Crippen molar-refractivity contribution in [3.8, 4) is 28.7 Å². The highest BCUT2D eigenvalue weighted by Crippen LogP contribution is 2.33. The molecule has 0 spiro atoms. The molecule has 2 aliphatic rings. The van der Waals surface area contributed by atoms with E-state index in [9.17, 15) is 13.6 Å². The molecule has 2 saturated heterocycles. The molecule has 2 fully saturated rings. The largest absolute Gasteiger partial charge is 0.468 e. The van der Waals surface area contributed by atoms with Crippen LogP contribution >= 0.6 is 0 Å². The van der Waals surface area contributed by atoms with E-state index in [0.717, 1.165) is 6.07 Å². The number of alkyl halides is 2. The molecule has 5 rings (SSSR count). The summed E-state index contributed by atoms with van der Waals surface area (Å²) in [6.07, 6.45) is -2.58. The first-order valence-corrected chi connectivity index (χ1v) is 12.8. The maximum Gasteiger partial charge on any atom is 0.343 e. The molecule has 41 heavy (non-hydrogen) atoms. The van der Waals surface area contributed by atoms with Crippen LogP contribution in [0.1, 0.15) is 22.3 Å². The Morgan fingerprint density at radius 1 is 0.707 bits per heavy atom. The lowest BCUT2D eigenvalue weighted by atomic mass is 10.2. The van der Waals surface area contributed by atoms with Crippen LogP contribution < -0.4 is 23.7 Å². The molecule has 0 aromatic heterocycles. The molecule has 0 saturated carbocycles. The number of ether oxygens (including phenoxy) is 9. The summed E-state index contributed by atoms with van der Waals surface area (Å²) >= 11 is 0. The summed E-state index contributed by atoms with van der Waals surface area (Å²) in [5.74, 6) is 0.648. The van der Waals surface area contributed by atoms with Gasteiger partial charge in [0.25, 0.3) is 6.43 Å². The summed E-state index contributed by atoms with van der Waals surface area (Å²) in [5.41, 5.74) is -0.228. The molecule has 0 radical (unpaired) electrons. The third kappa shape index (κ3) is 9.29. The first-order chi connectivity index (χ1) is 20.0. The molecule has 2 atom stereocenters. The zero-order chi connectivity index (χ0) is 28.4. The van der Waals surface area contributed by atoms with Gasteiger partial charge in [-0.3, -0.25) is 0 Å². The van der Waals surface area contributed by atoms with E-state index >= 15 is 0 Å². The first-order valence-electron chi connectivity index (χ1n) is 12.8. The van der Waals surface area contributed by atoms with Crippen LogP contribution in [0.4, 0.5) is 8.78 Å². The first kappa shape index (κ1) is 28.6. The van der Waals surface area contributed by atoms with Gasteiger partial charge < -0.3 is 42.6 Å². The highest BCUT2D eigenvalue weighted by Gasteiger charge is 2.23. The number of hydrogen-bond donors (Lipinski definition) is 0. The minimum absolute atomic E-state index is 0.0493. The summed E-state index contributed by atoms with van der Waals surface area (Å²) in [4.78, 5) is 12.5. The van der Waals surface area contributed by atoms with Gasteiger partial charge in [0.2, 0.25) is 6.79 Å². The average Bonchev–Trinajstić information content (AvgIpc) is 3.91. The van der Waals surface area contributed by atoms with Crippen LogP contribution in [-0.4, -0.2) is 65.0 Å². The number of carbonyl (C=O) groups excluding carboxylic acids is 1. The second-order valence-electron chi connectivity index (χ2n) is 8.97. The highest BCUT2D eigenvalue weighted by atomic mass is 19.3. The number of benzene rings is 3. The van der Waals surface area contributed by atoms with Crippen LogP contribution in [0.25, 0.3) is 0 Å². The van der Waals surface area contributed by atoms with Crippen LogP contribution in [-0.2, 0) is 18.9 Å². The van der Waals surface area contributed by atoms with Crippen LogP contribution in [0.2, 0.25) is 0 Å². The van der Waals surface area contributed by atoms with E-state index in [1.807, 2.05) is 0 Å². The third-order valence-electron chi connectivity index (χ3n) is 5.81. The molecule has 3 aromatic rings. The topological polar surface area (TPSA) is 107 Å². The molecule has 0 bridgehead atoms. The van der Waals surface area contributed by atoms with Gasteiger partial charge in [-0.15, -0.1) is 0 Å². The predicted octanol–water partition coefficient (Wildman–Crippen LogP) is 4.76. The zero-order valence-electron chi connectivity index (χ0n) is 21.9. The summed E-state index contributed by atoms with van der Waals surface area (Å²) in [5, 5.41) is 0. The molecule has 218 valence electrons. The Balaban J connectivity index is 1.07. The minimum Gasteiger partial charge on any atom is -0.468 e. The number of esters is 1. The Hall–Kier alpha value is -3.97. The number of rotatable bonds is 17. The number of carbonyl (C=O) groups is 1. The summed E-state index contributed by atoms with van der Waals surface area (Å²) in [7, 11) is 0. The molecule has 3 aromatic carbocycles. The van der Waals surface area contributed by atoms with Gasteiger partial charge in [-0.1, -0.05) is 0 Å². The van der Waals surface area contributed by atoms with E-state index in [2.05, 4.69) is 0 Å². The minimum atomic E-state index is -2.88. The summed E-state index contributed by atoms with van der Waals surface area (Å²) in [6, 6.07) is 16.5. The second-order valence-corrected chi connectivity index (χ2v) is 8.97. The van der Waals surface area contributed by atoms with Crippen LogP contribution in [0.5, 0.6) is 28.7 Å². The van der Waals surface area contributed by atoms with Gasteiger partial charge in [0.05, 0.1) is 37.6 Å². The molecule has 0 aliphatic carbocycles. The smallest absolute Gasteiger partial charge is 0.343 e. The van der Waals surface area contributed by atoms with E-state index in [4.69, 9.17) is 42.6 Å². The van der Waals surface area contributed by atoms with Gasteiger partial charge in [-0.2, -0.15) is 0 Å². The molecular formula is C29H28F2O10. The lowest BCUT2D eigenvalue weighted by molar-refractivity contribution is 0.00806. The Morgan fingerprint density at radius 2 is 1.20 bits per heavy atom. The number of halogens is 2. The van der Waals surface area contributed by atoms with Crippen molar-refractivity contribution in [3.63, 3.8) is 0 Å². The average molecular weight is 575 g/mol. The van der Waals surface area contributed by atoms with Crippen molar-refractivity contribution in [2.45, 2.75) is 18.6 Å². The molecule has 0 amide bonds. The lowest BCUT2D eigenvalue weighted by Gasteiger charge is -2.14. The number of epoxide rings is 2. The fourth-order valence-corrected chi connectivity index (χ4v) is 3.45. The van der Waals surface area contributed by atoms with Crippen LogP contribution in [0.3, 0.4) is 0 Å². The molecule has 12 heteroatoms.